The molecule has 2 aromatic heterocycles. The Labute approximate surface area is 120 Å². The Morgan fingerprint density at radius 2 is 2.16 bits per heavy atom. The van der Waals surface area contributed by atoms with Crippen LogP contribution in [0.15, 0.2) is 6.20 Å². The molecule has 19 heavy (non-hydrogen) atoms. The first kappa shape index (κ1) is 14.5. The lowest BCUT2D eigenvalue weighted by Crippen LogP contribution is -2.26. The zero-order chi connectivity index (χ0) is 13.8. The largest absolute Gasteiger partial charge is 0.309 e. The molecule has 106 valence electrons. The molecule has 0 spiro atoms. The van der Waals surface area contributed by atoms with Crippen molar-refractivity contribution in [2.75, 3.05) is 0 Å². The number of fused-ring (bicyclic) bond motifs is 1. The van der Waals surface area contributed by atoms with Gasteiger partial charge in [0.1, 0.15) is 0 Å². The van der Waals surface area contributed by atoms with Gasteiger partial charge in [-0.05, 0) is 27.2 Å². The van der Waals surface area contributed by atoms with Crippen molar-refractivity contribution in [2.45, 2.75) is 66.0 Å². The number of aryl methyl sites for hydroxylation is 2. The van der Waals surface area contributed by atoms with Gasteiger partial charge in [0.05, 0.1) is 11.4 Å². The van der Waals surface area contributed by atoms with Crippen molar-refractivity contribution >= 4 is 16.3 Å². The number of nitrogens with zero attached hydrogens (tertiary/aromatic N) is 2. The van der Waals surface area contributed by atoms with Crippen LogP contribution in [0.1, 0.15) is 55.8 Å². The number of unbranched alkanes of at least 4 members (excludes halogenated alkanes) is 2. The number of thiazole rings is 1. The molecule has 0 amide bonds. The molecule has 3 nitrogen and oxygen atoms in total. The van der Waals surface area contributed by atoms with Gasteiger partial charge in [0.25, 0.3) is 0 Å². The van der Waals surface area contributed by atoms with Gasteiger partial charge in [0.15, 0.2) is 4.96 Å². The maximum absolute atomic E-state index is 4.63. The second-order valence-electron chi connectivity index (χ2n) is 5.42. The number of hydrogen-bond acceptors (Lipinski definition) is 3. The highest BCUT2D eigenvalue weighted by Crippen LogP contribution is 2.20. The standard InChI is InChI=1S/C15H25N3S/c1-5-6-7-8-11(2)16-9-14-13(4)17-15-18(14)10-12(3)19-15/h10-11,16H,5-9H2,1-4H3. The molecule has 2 rings (SSSR count). The molecule has 0 aliphatic carbocycles. The van der Waals surface area contributed by atoms with E-state index in [-0.39, 0.29) is 0 Å². The molecule has 1 N–H and O–H groups in total. The second-order valence-corrected chi connectivity index (χ2v) is 6.63. The Bertz CT molecular complexity index is 527. The first-order valence-corrected chi connectivity index (χ1v) is 8.10. The summed E-state index contributed by atoms with van der Waals surface area (Å²) in [5, 5.41) is 3.63. The second kappa shape index (κ2) is 6.53. The van der Waals surface area contributed by atoms with Crippen molar-refractivity contribution in [3.63, 3.8) is 0 Å². The van der Waals surface area contributed by atoms with Crippen molar-refractivity contribution in [1.82, 2.24) is 14.7 Å². The van der Waals surface area contributed by atoms with E-state index in [0.29, 0.717) is 6.04 Å². The highest BCUT2D eigenvalue weighted by molar-refractivity contribution is 7.17. The number of aromatic nitrogens is 2. The van der Waals surface area contributed by atoms with Crippen LogP contribution in [0.25, 0.3) is 4.96 Å². The Morgan fingerprint density at radius 1 is 1.37 bits per heavy atom. The summed E-state index contributed by atoms with van der Waals surface area (Å²) in [6.45, 7) is 9.69. The fourth-order valence-electron chi connectivity index (χ4n) is 2.40. The third kappa shape index (κ3) is 3.57. The molecular weight excluding hydrogens is 254 g/mol. The average Bonchev–Trinajstić information content (AvgIpc) is 2.82. The summed E-state index contributed by atoms with van der Waals surface area (Å²) in [6.07, 6.45) is 7.41. The fraction of sp³-hybridized carbons (Fsp3) is 0.667. The van der Waals surface area contributed by atoms with Gasteiger partial charge < -0.3 is 5.32 Å². The number of rotatable bonds is 7. The molecule has 0 saturated heterocycles. The van der Waals surface area contributed by atoms with Crippen LogP contribution >= 0.6 is 11.3 Å². The summed E-state index contributed by atoms with van der Waals surface area (Å²) in [5.74, 6) is 0. The lowest BCUT2D eigenvalue weighted by Gasteiger charge is -2.13. The maximum atomic E-state index is 4.63. The van der Waals surface area contributed by atoms with E-state index in [9.17, 15) is 0 Å². The average molecular weight is 279 g/mol. The Morgan fingerprint density at radius 3 is 2.89 bits per heavy atom. The summed E-state index contributed by atoms with van der Waals surface area (Å²) < 4.78 is 2.24. The predicted molar refractivity (Wildman–Crippen MR) is 83.0 cm³/mol. The fourth-order valence-corrected chi connectivity index (χ4v) is 3.29. The predicted octanol–water partition coefficient (Wildman–Crippen LogP) is 4.07. The van der Waals surface area contributed by atoms with Crippen LogP contribution in [0.2, 0.25) is 0 Å². The van der Waals surface area contributed by atoms with Gasteiger partial charge in [-0.3, -0.25) is 4.40 Å². The van der Waals surface area contributed by atoms with Gasteiger partial charge in [-0.15, -0.1) is 11.3 Å². The number of nitrogens with one attached hydrogen (secondary N) is 1. The van der Waals surface area contributed by atoms with Crippen LogP contribution < -0.4 is 5.32 Å². The van der Waals surface area contributed by atoms with Crippen LogP contribution in [-0.4, -0.2) is 15.4 Å². The van der Waals surface area contributed by atoms with Crippen molar-refractivity contribution < 1.29 is 0 Å². The molecule has 1 atom stereocenters. The Balaban J connectivity index is 1.95. The summed E-state index contributed by atoms with van der Waals surface area (Å²) in [6, 6.07) is 0.580. The van der Waals surface area contributed by atoms with Crippen LogP contribution in [0, 0.1) is 13.8 Å². The lowest BCUT2D eigenvalue weighted by molar-refractivity contribution is 0.482. The number of hydrogen-bond donors (Lipinski definition) is 1. The minimum Gasteiger partial charge on any atom is -0.309 e. The number of imidazole rings is 1. The Hall–Kier alpha value is -0.870. The van der Waals surface area contributed by atoms with E-state index in [1.165, 1.54) is 36.3 Å². The van der Waals surface area contributed by atoms with Crippen molar-refractivity contribution in [1.29, 1.82) is 0 Å². The van der Waals surface area contributed by atoms with Crippen LogP contribution in [0.5, 0.6) is 0 Å². The first-order valence-electron chi connectivity index (χ1n) is 7.29. The molecule has 0 aromatic carbocycles. The van der Waals surface area contributed by atoms with Gasteiger partial charge >= 0.3 is 0 Å². The molecule has 2 heterocycles. The van der Waals surface area contributed by atoms with E-state index in [4.69, 9.17) is 0 Å². The third-order valence-corrected chi connectivity index (χ3v) is 4.50. The van der Waals surface area contributed by atoms with Crippen LogP contribution in [0.4, 0.5) is 0 Å². The van der Waals surface area contributed by atoms with E-state index in [1.807, 2.05) is 0 Å². The highest BCUT2D eigenvalue weighted by atomic mass is 32.1. The lowest BCUT2D eigenvalue weighted by atomic mass is 10.1. The minimum absolute atomic E-state index is 0.580. The minimum atomic E-state index is 0.580. The molecule has 0 aliphatic rings. The quantitative estimate of drug-likeness (QED) is 0.774. The van der Waals surface area contributed by atoms with Crippen LogP contribution in [-0.2, 0) is 6.54 Å². The Kier molecular flexibility index (Phi) is 4.99. The van der Waals surface area contributed by atoms with E-state index >= 15 is 0 Å². The molecular formula is C15H25N3S. The topological polar surface area (TPSA) is 29.3 Å². The summed E-state index contributed by atoms with van der Waals surface area (Å²) in [4.78, 5) is 7.06. The van der Waals surface area contributed by atoms with Gasteiger partial charge in [-0.25, -0.2) is 4.98 Å². The maximum Gasteiger partial charge on any atom is 0.194 e. The molecule has 0 saturated carbocycles. The summed E-state index contributed by atoms with van der Waals surface area (Å²) in [5.41, 5.74) is 2.46. The highest BCUT2D eigenvalue weighted by Gasteiger charge is 2.11. The van der Waals surface area contributed by atoms with E-state index in [2.05, 4.69) is 48.6 Å². The molecule has 0 bridgehead atoms. The van der Waals surface area contributed by atoms with Gasteiger partial charge in [0.2, 0.25) is 0 Å². The van der Waals surface area contributed by atoms with Gasteiger partial charge in [0, 0.05) is 23.7 Å². The molecule has 4 heteroatoms. The van der Waals surface area contributed by atoms with E-state index in [0.717, 1.165) is 17.2 Å². The van der Waals surface area contributed by atoms with Crippen molar-refractivity contribution in [3.8, 4) is 0 Å². The van der Waals surface area contributed by atoms with E-state index < -0.39 is 0 Å². The van der Waals surface area contributed by atoms with Gasteiger partial charge in [-0.2, -0.15) is 0 Å². The van der Waals surface area contributed by atoms with Crippen molar-refractivity contribution in [2.24, 2.45) is 0 Å². The monoisotopic (exact) mass is 279 g/mol. The summed E-state index contributed by atoms with van der Waals surface area (Å²) >= 11 is 1.76. The van der Waals surface area contributed by atoms with E-state index in [1.54, 1.807) is 11.3 Å². The van der Waals surface area contributed by atoms with Crippen LogP contribution in [0.3, 0.4) is 0 Å². The normalized spacial score (nSPS) is 13.3. The SMILES string of the molecule is CCCCCC(C)NCc1c(C)nc2sc(C)cn12. The molecule has 0 fully saturated rings. The van der Waals surface area contributed by atoms with Crippen molar-refractivity contribution in [3.05, 3.63) is 22.5 Å². The molecule has 2 aromatic rings. The first-order chi connectivity index (χ1) is 9.11. The smallest absolute Gasteiger partial charge is 0.194 e. The molecule has 1 unspecified atom stereocenters. The third-order valence-electron chi connectivity index (χ3n) is 3.60. The zero-order valence-corrected chi connectivity index (χ0v) is 13.3. The molecule has 0 aliphatic heterocycles. The molecule has 0 radical (unpaired) electrons. The zero-order valence-electron chi connectivity index (χ0n) is 12.5. The summed E-state index contributed by atoms with van der Waals surface area (Å²) in [7, 11) is 0. The van der Waals surface area contributed by atoms with Gasteiger partial charge in [-0.1, -0.05) is 26.2 Å².